The van der Waals surface area contributed by atoms with Gasteiger partial charge in [0.05, 0.1) is 38.8 Å². The highest BCUT2D eigenvalue weighted by atomic mass is 32.1. The van der Waals surface area contributed by atoms with Gasteiger partial charge in [-0.3, -0.25) is 5.43 Å². The standard InChI is InChI=1S/C24H21F2N3O5S/c1-31-20-10-15(11-21(32-2)22(20)33-3)23(30)34-17-7-4-14(5-8-17)13-27-29-24(35)28-19-9-6-16(25)12-18(19)26/h4-13H,1-3H3,(H2,28,29,35)/b27-13-. The molecule has 3 aromatic carbocycles. The van der Waals surface area contributed by atoms with Gasteiger partial charge in [-0.1, -0.05) is 0 Å². The molecule has 3 aromatic rings. The number of nitrogens with one attached hydrogen (secondary N) is 2. The van der Waals surface area contributed by atoms with E-state index in [1.54, 1.807) is 24.3 Å². The Balaban J connectivity index is 1.59. The number of carbonyl (C=O) groups is 1. The zero-order valence-corrected chi connectivity index (χ0v) is 19.7. The van der Waals surface area contributed by atoms with E-state index in [1.165, 1.54) is 45.7 Å². The van der Waals surface area contributed by atoms with Gasteiger partial charge in [0.1, 0.15) is 17.4 Å². The maximum atomic E-state index is 13.7. The molecule has 0 spiro atoms. The number of benzene rings is 3. The SMILES string of the molecule is COc1cc(C(=O)Oc2ccc(/C=N\NC(=S)Nc3ccc(F)cc3F)cc2)cc(OC)c1OC. The smallest absolute Gasteiger partial charge is 0.343 e. The molecule has 0 aromatic heterocycles. The predicted molar refractivity (Wildman–Crippen MR) is 131 cm³/mol. The normalized spacial score (nSPS) is 10.5. The van der Waals surface area contributed by atoms with Crippen molar-refractivity contribution in [3.63, 3.8) is 0 Å². The molecule has 8 nitrogen and oxygen atoms in total. The van der Waals surface area contributed by atoms with Crippen LogP contribution >= 0.6 is 12.2 Å². The summed E-state index contributed by atoms with van der Waals surface area (Å²) in [7, 11) is 4.37. The fraction of sp³-hybridized carbons (Fsp3) is 0.125. The lowest BCUT2D eigenvalue weighted by atomic mass is 10.2. The first kappa shape index (κ1) is 25.4. The number of esters is 1. The summed E-state index contributed by atoms with van der Waals surface area (Å²) in [5, 5.41) is 6.55. The third-order valence-electron chi connectivity index (χ3n) is 4.55. The average molecular weight is 502 g/mol. The van der Waals surface area contributed by atoms with Crippen molar-refractivity contribution in [2.24, 2.45) is 5.10 Å². The van der Waals surface area contributed by atoms with Crippen LogP contribution in [-0.2, 0) is 0 Å². The van der Waals surface area contributed by atoms with E-state index in [0.29, 0.717) is 28.6 Å². The van der Waals surface area contributed by atoms with Crippen molar-refractivity contribution in [1.82, 2.24) is 5.43 Å². The maximum Gasteiger partial charge on any atom is 0.343 e. The molecule has 0 heterocycles. The van der Waals surface area contributed by atoms with Crippen molar-refractivity contribution in [2.45, 2.75) is 0 Å². The molecule has 0 aliphatic carbocycles. The molecule has 35 heavy (non-hydrogen) atoms. The van der Waals surface area contributed by atoms with Crippen molar-refractivity contribution < 1.29 is 32.5 Å². The van der Waals surface area contributed by atoms with E-state index in [2.05, 4.69) is 15.8 Å². The second-order valence-electron chi connectivity index (χ2n) is 6.82. The summed E-state index contributed by atoms with van der Waals surface area (Å²) in [6, 6.07) is 12.6. The maximum absolute atomic E-state index is 13.7. The number of thiocarbonyl (C=S) groups is 1. The number of hydrogen-bond donors (Lipinski definition) is 2. The molecule has 0 amide bonds. The van der Waals surface area contributed by atoms with Crippen LogP contribution < -0.4 is 29.7 Å². The second-order valence-corrected chi connectivity index (χ2v) is 7.23. The molecular formula is C24H21F2N3O5S. The lowest BCUT2D eigenvalue weighted by Gasteiger charge is -2.13. The van der Waals surface area contributed by atoms with Gasteiger partial charge in [-0.25, -0.2) is 13.6 Å². The number of nitrogens with zero attached hydrogens (tertiary/aromatic N) is 1. The zero-order chi connectivity index (χ0) is 25.4. The Kier molecular flexibility index (Phi) is 8.52. The fourth-order valence-corrected chi connectivity index (χ4v) is 3.06. The van der Waals surface area contributed by atoms with E-state index < -0.39 is 17.6 Å². The topological polar surface area (TPSA) is 90.4 Å². The van der Waals surface area contributed by atoms with E-state index in [4.69, 9.17) is 31.2 Å². The Bertz CT molecular complexity index is 1230. The highest BCUT2D eigenvalue weighted by Gasteiger charge is 2.18. The first-order valence-corrected chi connectivity index (χ1v) is 10.4. The van der Waals surface area contributed by atoms with E-state index in [9.17, 15) is 13.6 Å². The molecular weight excluding hydrogens is 480 g/mol. The number of ether oxygens (including phenoxy) is 4. The summed E-state index contributed by atoms with van der Waals surface area (Å²) >= 11 is 5.03. The van der Waals surface area contributed by atoms with Crippen LogP contribution in [0.15, 0.2) is 59.7 Å². The molecule has 0 aliphatic heterocycles. The van der Waals surface area contributed by atoms with Crippen molar-refractivity contribution >= 4 is 35.2 Å². The Morgan fingerprint density at radius 2 is 1.60 bits per heavy atom. The number of hydrogen-bond acceptors (Lipinski definition) is 7. The molecule has 0 fully saturated rings. The van der Waals surface area contributed by atoms with Gasteiger partial charge in [0.2, 0.25) is 5.75 Å². The molecule has 182 valence electrons. The predicted octanol–water partition coefficient (Wildman–Crippen LogP) is 4.53. The van der Waals surface area contributed by atoms with E-state index in [-0.39, 0.29) is 16.4 Å². The van der Waals surface area contributed by atoms with Crippen LogP contribution in [0.4, 0.5) is 14.5 Å². The van der Waals surface area contributed by atoms with Crippen molar-refractivity contribution in [2.75, 3.05) is 26.6 Å². The number of methoxy groups -OCH3 is 3. The van der Waals surface area contributed by atoms with Crippen molar-refractivity contribution in [1.29, 1.82) is 0 Å². The first-order chi connectivity index (χ1) is 16.8. The summed E-state index contributed by atoms with van der Waals surface area (Å²) in [4.78, 5) is 12.6. The van der Waals surface area contributed by atoms with Crippen LogP contribution in [-0.4, -0.2) is 38.6 Å². The molecule has 2 N–H and O–H groups in total. The van der Waals surface area contributed by atoms with Crippen LogP contribution in [0.25, 0.3) is 0 Å². The molecule has 11 heteroatoms. The molecule has 0 radical (unpaired) electrons. The molecule has 0 bridgehead atoms. The minimum atomic E-state index is -0.783. The van der Waals surface area contributed by atoms with Crippen LogP contribution in [0.3, 0.4) is 0 Å². The molecule has 0 atom stereocenters. The molecule has 0 aliphatic rings. The summed E-state index contributed by atoms with van der Waals surface area (Å²) in [6.07, 6.45) is 1.46. The number of rotatable bonds is 8. The van der Waals surface area contributed by atoms with Gasteiger partial charge in [0.15, 0.2) is 16.6 Å². The van der Waals surface area contributed by atoms with Crippen LogP contribution in [0.2, 0.25) is 0 Å². The Hall–Kier alpha value is -4.25. The van der Waals surface area contributed by atoms with Crippen LogP contribution in [0.1, 0.15) is 15.9 Å². The quantitative estimate of drug-likeness (QED) is 0.153. The van der Waals surface area contributed by atoms with Crippen molar-refractivity contribution in [3.8, 4) is 23.0 Å². The van der Waals surface area contributed by atoms with Crippen molar-refractivity contribution in [3.05, 3.63) is 77.4 Å². The fourth-order valence-electron chi connectivity index (χ4n) is 2.89. The molecule has 0 unspecified atom stereocenters. The lowest BCUT2D eigenvalue weighted by Crippen LogP contribution is -2.24. The number of halogens is 2. The summed E-state index contributed by atoms with van der Waals surface area (Å²) in [5.41, 5.74) is 3.43. The summed E-state index contributed by atoms with van der Waals surface area (Å²) < 4.78 is 47.8. The first-order valence-electron chi connectivity index (χ1n) is 10.0. The van der Waals surface area contributed by atoms with Gasteiger partial charge in [0, 0.05) is 6.07 Å². The van der Waals surface area contributed by atoms with E-state index >= 15 is 0 Å². The average Bonchev–Trinajstić information content (AvgIpc) is 2.85. The van der Waals surface area contributed by atoms with Crippen LogP contribution in [0.5, 0.6) is 23.0 Å². The number of carbonyl (C=O) groups excluding carboxylic acids is 1. The molecule has 0 saturated heterocycles. The Morgan fingerprint density at radius 1 is 0.943 bits per heavy atom. The Labute approximate surface area is 205 Å². The second kappa shape index (κ2) is 11.7. The van der Waals surface area contributed by atoms with Gasteiger partial charge < -0.3 is 24.3 Å². The lowest BCUT2D eigenvalue weighted by molar-refractivity contribution is 0.0734. The van der Waals surface area contributed by atoms with Gasteiger partial charge >= 0.3 is 5.97 Å². The monoisotopic (exact) mass is 501 g/mol. The van der Waals surface area contributed by atoms with Gasteiger partial charge in [0.25, 0.3) is 0 Å². The highest BCUT2D eigenvalue weighted by Crippen LogP contribution is 2.38. The summed E-state index contributed by atoms with van der Waals surface area (Å²) in [6.45, 7) is 0. The van der Waals surface area contributed by atoms with Gasteiger partial charge in [-0.2, -0.15) is 5.10 Å². The third-order valence-corrected chi connectivity index (χ3v) is 4.74. The van der Waals surface area contributed by atoms with E-state index in [0.717, 1.165) is 12.1 Å². The largest absolute Gasteiger partial charge is 0.493 e. The van der Waals surface area contributed by atoms with Gasteiger partial charge in [-0.05, 0) is 66.3 Å². The zero-order valence-electron chi connectivity index (χ0n) is 18.9. The van der Waals surface area contributed by atoms with Gasteiger partial charge in [-0.15, -0.1) is 0 Å². The highest BCUT2D eigenvalue weighted by molar-refractivity contribution is 7.80. The Morgan fingerprint density at radius 3 is 2.17 bits per heavy atom. The molecule has 3 rings (SSSR count). The van der Waals surface area contributed by atoms with Crippen LogP contribution in [0, 0.1) is 11.6 Å². The van der Waals surface area contributed by atoms with E-state index in [1.807, 2.05) is 0 Å². The number of anilines is 1. The third kappa shape index (κ3) is 6.64. The molecule has 0 saturated carbocycles. The summed E-state index contributed by atoms with van der Waals surface area (Å²) in [5.74, 6) is -0.770. The minimum absolute atomic E-state index is 0.0115. The number of hydrazone groups is 1. The minimum Gasteiger partial charge on any atom is -0.493 e.